The first-order valence-electron chi connectivity index (χ1n) is 11.2. The molecule has 0 saturated carbocycles. The molecular formula is C24H31FN4O3. The number of nitrogens with one attached hydrogen (secondary N) is 2. The number of aliphatic imine (C=N–C) groups is 1. The van der Waals surface area contributed by atoms with Gasteiger partial charge in [-0.15, -0.1) is 0 Å². The summed E-state index contributed by atoms with van der Waals surface area (Å²) in [6, 6.07) is 12.6. The van der Waals surface area contributed by atoms with Crippen molar-refractivity contribution in [1.82, 2.24) is 10.2 Å². The van der Waals surface area contributed by atoms with E-state index in [9.17, 15) is 4.39 Å². The molecule has 2 aromatic carbocycles. The summed E-state index contributed by atoms with van der Waals surface area (Å²) < 4.78 is 31.3. The number of anilines is 1. The van der Waals surface area contributed by atoms with Gasteiger partial charge in [0, 0.05) is 37.8 Å². The predicted molar refractivity (Wildman–Crippen MR) is 123 cm³/mol. The number of halogens is 1. The summed E-state index contributed by atoms with van der Waals surface area (Å²) in [6.07, 6.45) is 1.46. The summed E-state index contributed by atoms with van der Waals surface area (Å²) in [5.74, 6) is 1.89. The van der Waals surface area contributed by atoms with E-state index in [1.54, 1.807) is 12.1 Å². The molecule has 1 atom stereocenters. The number of hydrogen-bond donors (Lipinski definition) is 2. The van der Waals surface area contributed by atoms with Crippen molar-refractivity contribution in [3.8, 4) is 11.5 Å². The quantitative estimate of drug-likeness (QED) is 0.530. The van der Waals surface area contributed by atoms with Crippen LogP contribution < -0.4 is 20.1 Å². The van der Waals surface area contributed by atoms with Gasteiger partial charge in [0.2, 0.25) is 0 Å². The number of hydrogen-bond acceptors (Lipinski definition) is 5. The van der Waals surface area contributed by atoms with Gasteiger partial charge in [-0.25, -0.2) is 4.39 Å². The monoisotopic (exact) mass is 442 g/mol. The third-order valence-electron chi connectivity index (χ3n) is 5.45. The average Bonchev–Trinajstić information content (AvgIpc) is 3.04. The van der Waals surface area contributed by atoms with E-state index in [2.05, 4.69) is 22.6 Å². The maximum absolute atomic E-state index is 14.0. The highest BCUT2D eigenvalue weighted by atomic mass is 19.1. The molecule has 2 aliphatic rings. The fourth-order valence-corrected chi connectivity index (χ4v) is 3.70. The molecule has 1 saturated heterocycles. The van der Waals surface area contributed by atoms with Gasteiger partial charge in [0.05, 0.1) is 32.5 Å². The maximum atomic E-state index is 14.0. The zero-order chi connectivity index (χ0) is 22.2. The SMILES string of the molecule is CN1CCOC(CN=C(NCCc2ccccc2F)Nc2ccc3c(c2)OCCCO3)C1. The van der Waals surface area contributed by atoms with Gasteiger partial charge in [-0.2, -0.15) is 0 Å². The molecule has 0 aromatic heterocycles. The van der Waals surface area contributed by atoms with Crippen LogP contribution in [-0.2, 0) is 11.2 Å². The van der Waals surface area contributed by atoms with Crippen LogP contribution in [0, 0.1) is 5.82 Å². The van der Waals surface area contributed by atoms with Gasteiger partial charge in [0.25, 0.3) is 0 Å². The summed E-state index contributed by atoms with van der Waals surface area (Å²) in [7, 11) is 2.09. The highest BCUT2D eigenvalue weighted by Gasteiger charge is 2.18. The van der Waals surface area contributed by atoms with Gasteiger partial charge in [-0.3, -0.25) is 4.99 Å². The van der Waals surface area contributed by atoms with Crippen molar-refractivity contribution in [1.29, 1.82) is 0 Å². The van der Waals surface area contributed by atoms with Crippen LogP contribution in [-0.4, -0.2) is 70.0 Å². The number of fused-ring (bicyclic) bond motifs is 1. The Morgan fingerprint density at radius 1 is 1.12 bits per heavy atom. The molecule has 0 amide bonds. The van der Waals surface area contributed by atoms with Gasteiger partial charge < -0.3 is 29.7 Å². The molecule has 2 aliphatic heterocycles. The molecule has 32 heavy (non-hydrogen) atoms. The average molecular weight is 443 g/mol. The first-order chi connectivity index (χ1) is 15.7. The standard InChI is InChI=1S/C24H31FN4O3/c1-29-11-14-30-20(17-29)16-27-24(26-10-9-18-5-2-3-6-21(18)25)28-19-7-8-22-23(15-19)32-13-4-12-31-22/h2-3,5-8,15,20H,4,9-14,16-17H2,1H3,(H2,26,27,28). The Labute approximate surface area is 188 Å². The smallest absolute Gasteiger partial charge is 0.195 e. The lowest BCUT2D eigenvalue weighted by atomic mass is 10.1. The van der Waals surface area contributed by atoms with Crippen LogP contribution >= 0.6 is 0 Å². The van der Waals surface area contributed by atoms with Crippen LogP contribution in [0.2, 0.25) is 0 Å². The fraction of sp³-hybridized carbons (Fsp3) is 0.458. The van der Waals surface area contributed by atoms with E-state index in [-0.39, 0.29) is 11.9 Å². The predicted octanol–water partition coefficient (Wildman–Crippen LogP) is 2.92. The van der Waals surface area contributed by atoms with Gasteiger partial charge in [0.1, 0.15) is 5.82 Å². The minimum Gasteiger partial charge on any atom is -0.490 e. The van der Waals surface area contributed by atoms with Crippen LogP contribution in [0.25, 0.3) is 0 Å². The van der Waals surface area contributed by atoms with Crippen molar-refractivity contribution < 1.29 is 18.6 Å². The van der Waals surface area contributed by atoms with E-state index in [0.29, 0.717) is 50.9 Å². The van der Waals surface area contributed by atoms with Gasteiger partial charge in [-0.1, -0.05) is 18.2 Å². The minimum absolute atomic E-state index is 0.0442. The largest absolute Gasteiger partial charge is 0.490 e. The van der Waals surface area contributed by atoms with Gasteiger partial charge in [-0.05, 0) is 37.2 Å². The van der Waals surface area contributed by atoms with E-state index in [4.69, 9.17) is 19.2 Å². The van der Waals surface area contributed by atoms with Gasteiger partial charge >= 0.3 is 0 Å². The summed E-state index contributed by atoms with van der Waals surface area (Å²) in [5.41, 5.74) is 1.51. The number of ether oxygens (including phenoxy) is 3. The molecule has 172 valence electrons. The lowest BCUT2D eigenvalue weighted by molar-refractivity contribution is -0.0136. The van der Waals surface area contributed by atoms with Crippen molar-refractivity contribution in [3.05, 3.63) is 53.8 Å². The zero-order valence-electron chi connectivity index (χ0n) is 18.5. The molecule has 0 bridgehead atoms. The lowest BCUT2D eigenvalue weighted by Crippen LogP contribution is -2.42. The second-order valence-corrected chi connectivity index (χ2v) is 8.05. The molecule has 2 heterocycles. The van der Waals surface area contributed by atoms with E-state index < -0.39 is 0 Å². The molecule has 4 rings (SSSR count). The molecule has 8 heteroatoms. The highest BCUT2D eigenvalue weighted by molar-refractivity contribution is 5.94. The third kappa shape index (κ3) is 6.34. The lowest BCUT2D eigenvalue weighted by Gasteiger charge is -2.29. The second-order valence-electron chi connectivity index (χ2n) is 8.05. The van der Waals surface area contributed by atoms with E-state index in [1.165, 1.54) is 6.07 Å². The Hall–Kier alpha value is -2.84. The molecular weight excluding hydrogens is 411 g/mol. The van der Waals surface area contributed by atoms with E-state index >= 15 is 0 Å². The van der Waals surface area contributed by atoms with Crippen molar-refractivity contribution in [2.75, 3.05) is 58.4 Å². The van der Waals surface area contributed by atoms with Crippen LogP contribution in [0.15, 0.2) is 47.5 Å². The summed E-state index contributed by atoms with van der Waals surface area (Å²) in [5, 5.41) is 6.66. The first-order valence-corrected chi connectivity index (χ1v) is 11.2. The summed E-state index contributed by atoms with van der Waals surface area (Å²) in [6.45, 7) is 4.85. The summed E-state index contributed by atoms with van der Waals surface area (Å²) >= 11 is 0. The molecule has 7 nitrogen and oxygen atoms in total. The first kappa shape index (κ1) is 22.4. The van der Waals surface area contributed by atoms with E-state index in [1.807, 2.05) is 24.3 Å². The van der Waals surface area contributed by atoms with Crippen LogP contribution in [0.5, 0.6) is 11.5 Å². The van der Waals surface area contributed by atoms with Crippen molar-refractivity contribution in [2.24, 2.45) is 4.99 Å². The topological polar surface area (TPSA) is 67.4 Å². The second kappa shape index (κ2) is 11.2. The number of nitrogens with zero attached hydrogens (tertiary/aromatic N) is 2. The molecule has 0 spiro atoms. The fourth-order valence-electron chi connectivity index (χ4n) is 3.70. The van der Waals surface area contributed by atoms with Crippen LogP contribution in [0.3, 0.4) is 0 Å². The number of likely N-dealkylation sites (N-methyl/N-ethyl adjacent to an activating group) is 1. The summed E-state index contributed by atoms with van der Waals surface area (Å²) in [4.78, 5) is 6.98. The highest BCUT2D eigenvalue weighted by Crippen LogP contribution is 2.32. The Bertz CT molecular complexity index is 924. The van der Waals surface area contributed by atoms with Gasteiger partial charge in [0.15, 0.2) is 17.5 Å². The molecule has 0 aliphatic carbocycles. The maximum Gasteiger partial charge on any atom is 0.195 e. The number of rotatable bonds is 6. The molecule has 0 radical (unpaired) electrons. The molecule has 1 unspecified atom stereocenters. The number of morpholine rings is 1. The number of benzene rings is 2. The van der Waals surface area contributed by atoms with Crippen LogP contribution in [0.1, 0.15) is 12.0 Å². The Morgan fingerprint density at radius 3 is 2.81 bits per heavy atom. The Balaban J connectivity index is 1.43. The molecule has 2 aromatic rings. The van der Waals surface area contributed by atoms with Crippen molar-refractivity contribution in [3.63, 3.8) is 0 Å². The van der Waals surface area contributed by atoms with Crippen LogP contribution in [0.4, 0.5) is 10.1 Å². The van der Waals surface area contributed by atoms with Crippen molar-refractivity contribution in [2.45, 2.75) is 18.9 Å². The van der Waals surface area contributed by atoms with E-state index in [0.717, 1.165) is 36.7 Å². The molecule has 2 N–H and O–H groups in total. The Kier molecular flexibility index (Phi) is 7.79. The van der Waals surface area contributed by atoms with Crippen molar-refractivity contribution >= 4 is 11.6 Å². The number of guanidine groups is 1. The molecule has 1 fully saturated rings. The Morgan fingerprint density at radius 2 is 1.97 bits per heavy atom. The normalized spacial score (nSPS) is 19.3. The third-order valence-corrected chi connectivity index (χ3v) is 5.45. The zero-order valence-corrected chi connectivity index (χ0v) is 18.5. The minimum atomic E-state index is -0.192.